The van der Waals surface area contributed by atoms with E-state index in [9.17, 15) is 0 Å². The number of rotatable bonds is 3. The molecule has 0 N–H and O–H groups in total. The summed E-state index contributed by atoms with van der Waals surface area (Å²) in [7, 11) is 0. The summed E-state index contributed by atoms with van der Waals surface area (Å²) in [4.78, 5) is 4.81. The molecular formula is C7H8BrNOS. The van der Waals surface area contributed by atoms with E-state index in [0.29, 0.717) is 6.61 Å². The molecule has 0 bridgehead atoms. The second-order valence-corrected chi connectivity index (χ2v) is 4.13. The molecule has 0 aliphatic carbocycles. The van der Waals surface area contributed by atoms with Crippen LogP contribution >= 0.6 is 27.3 Å². The molecule has 60 valence electrons. The topological polar surface area (TPSA) is 21.6 Å². The Hall–Kier alpha value is -0.350. The van der Waals surface area contributed by atoms with Gasteiger partial charge in [0.05, 0.1) is 10.0 Å². The molecule has 0 aliphatic heterocycles. The fourth-order valence-electron chi connectivity index (χ4n) is 0.564. The van der Waals surface area contributed by atoms with Crippen LogP contribution < -0.4 is 0 Å². The number of nitrogens with zero attached hydrogens (tertiary/aromatic N) is 1. The molecule has 0 aliphatic rings. The van der Waals surface area contributed by atoms with Crippen molar-refractivity contribution < 1.29 is 4.84 Å². The van der Waals surface area contributed by atoms with Crippen molar-refractivity contribution in [2.75, 3.05) is 6.61 Å². The summed E-state index contributed by atoms with van der Waals surface area (Å²) in [6, 6.07) is 1.99. The lowest BCUT2D eigenvalue weighted by molar-refractivity contribution is 0.160. The molecule has 0 radical (unpaired) electrons. The number of halogens is 1. The Labute approximate surface area is 78.0 Å². The Balaban J connectivity index is 2.50. The SMILES string of the molecule is CCO/N=C/c1csc(Br)c1. The van der Waals surface area contributed by atoms with Crippen LogP contribution in [0.25, 0.3) is 0 Å². The molecule has 2 nitrogen and oxygen atoms in total. The molecule has 1 aromatic heterocycles. The van der Waals surface area contributed by atoms with Gasteiger partial charge in [-0.1, -0.05) is 5.16 Å². The highest BCUT2D eigenvalue weighted by Gasteiger charge is 1.91. The van der Waals surface area contributed by atoms with Crippen LogP contribution in [0.1, 0.15) is 12.5 Å². The van der Waals surface area contributed by atoms with Crippen molar-refractivity contribution in [1.29, 1.82) is 0 Å². The Bertz CT molecular complexity index is 246. The first-order valence-electron chi connectivity index (χ1n) is 3.22. The van der Waals surface area contributed by atoms with Crippen molar-refractivity contribution in [3.05, 3.63) is 20.8 Å². The molecule has 0 atom stereocenters. The van der Waals surface area contributed by atoms with E-state index < -0.39 is 0 Å². The van der Waals surface area contributed by atoms with Crippen molar-refractivity contribution in [3.8, 4) is 0 Å². The average Bonchev–Trinajstić information content (AvgIpc) is 2.37. The Morgan fingerprint density at radius 3 is 3.18 bits per heavy atom. The van der Waals surface area contributed by atoms with E-state index in [2.05, 4.69) is 21.1 Å². The number of oxime groups is 1. The van der Waals surface area contributed by atoms with Gasteiger partial charge in [-0.2, -0.15) is 0 Å². The predicted octanol–water partition coefficient (Wildman–Crippen LogP) is 2.88. The largest absolute Gasteiger partial charge is 0.396 e. The van der Waals surface area contributed by atoms with Gasteiger partial charge in [-0.15, -0.1) is 11.3 Å². The van der Waals surface area contributed by atoms with Crippen molar-refractivity contribution in [2.45, 2.75) is 6.92 Å². The zero-order chi connectivity index (χ0) is 8.10. The smallest absolute Gasteiger partial charge is 0.114 e. The quantitative estimate of drug-likeness (QED) is 0.582. The fraction of sp³-hybridized carbons (Fsp3) is 0.286. The molecular weight excluding hydrogens is 226 g/mol. The molecule has 0 amide bonds. The van der Waals surface area contributed by atoms with Crippen LogP contribution in [0.4, 0.5) is 0 Å². The highest BCUT2D eigenvalue weighted by atomic mass is 79.9. The maximum Gasteiger partial charge on any atom is 0.114 e. The van der Waals surface area contributed by atoms with Crippen LogP contribution in [0.15, 0.2) is 20.4 Å². The zero-order valence-electron chi connectivity index (χ0n) is 6.08. The Morgan fingerprint density at radius 2 is 2.64 bits per heavy atom. The van der Waals surface area contributed by atoms with E-state index in [1.54, 1.807) is 17.6 Å². The van der Waals surface area contributed by atoms with Gasteiger partial charge < -0.3 is 4.84 Å². The molecule has 1 aromatic rings. The molecule has 0 unspecified atom stereocenters. The van der Waals surface area contributed by atoms with E-state index >= 15 is 0 Å². The third kappa shape index (κ3) is 3.03. The molecule has 1 rings (SSSR count). The summed E-state index contributed by atoms with van der Waals surface area (Å²) in [5.41, 5.74) is 1.07. The lowest BCUT2D eigenvalue weighted by atomic mass is 10.4. The number of hydrogen-bond donors (Lipinski definition) is 0. The summed E-state index contributed by atoms with van der Waals surface area (Å²) in [6.45, 7) is 2.52. The van der Waals surface area contributed by atoms with Crippen molar-refractivity contribution >= 4 is 33.5 Å². The normalized spacial score (nSPS) is 10.7. The summed E-state index contributed by atoms with van der Waals surface area (Å²) < 4.78 is 1.11. The van der Waals surface area contributed by atoms with Crippen molar-refractivity contribution in [1.82, 2.24) is 0 Å². The van der Waals surface area contributed by atoms with Crippen molar-refractivity contribution in [3.63, 3.8) is 0 Å². The standard InChI is InChI=1S/C7H8BrNOS/c1-2-10-9-4-6-3-7(8)11-5-6/h3-5H,2H2,1H3/b9-4+. The van der Waals surface area contributed by atoms with Gasteiger partial charge in [-0.05, 0) is 28.9 Å². The van der Waals surface area contributed by atoms with Crippen molar-refractivity contribution in [2.24, 2.45) is 5.16 Å². The second kappa shape index (κ2) is 4.51. The number of hydrogen-bond acceptors (Lipinski definition) is 3. The summed E-state index contributed by atoms with van der Waals surface area (Å²) in [5.74, 6) is 0. The zero-order valence-corrected chi connectivity index (χ0v) is 8.48. The molecule has 4 heteroatoms. The minimum absolute atomic E-state index is 0.613. The van der Waals surface area contributed by atoms with Crippen LogP contribution in [0, 0.1) is 0 Å². The van der Waals surface area contributed by atoms with E-state index in [4.69, 9.17) is 4.84 Å². The van der Waals surface area contributed by atoms with Gasteiger partial charge in [-0.25, -0.2) is 0 Å². The van der Waals surface area contributed by atoms with Crippen LogP contribution in [0.3, 0.4) is 0 Å². The second-order valence-electron chi connectivity index (χ2n) is 1.84. The maximum atomic E-state index is 4.81. The molecule has 11 heavy (non-hydrogen) atoms. The lowest BCUT2D eigenvalue weighted by Gasteiger charge is -1.87. The van der Waals surface area contributed by atoms with Gasteiger partial charge in [0.1, 0.15) is 6.61 Å². The molecule has 0 saturated heterocycles. The summed E-state index contributed by atoms with van der Waals surface area (Å²) in [6.07, 6.45) is 1.70. The Morgan fingerprint density at radius 1 is 1.82 bits per heavy atom. The predicted molar refractivity (Wildman–Crippen MR) is 51.2 cm³/mol. The van der Waals surface area contributed by atoms with Gasteiger partial charge in [-0.3, -0.25) is 0 Å². The van der Waals surface area contributed by atoms with Gasteiger partial charge in [0.25, 0.3) is 0 Å². The van der Waals surface area contributed by atoms with Gasteiger partial charge in [0.2, 0.25) is 0 Å². The minimum atomic E-state index is 0.613. The highest BCUT2D eigenvalue weighted by Crippen LogP contribution is 2.19. The first kappa shape index (κ1) is 8.74. The number of thiophene rings is 1. The third-order valence-electron chi connectivity index (χ3n) is 0.993. The molecule has 0 saturated carbocycles. The van der Waals surface area contributed by atoms with Crippen LogP contribution in [-0.4, -0.2) is 12.8 Å². The van der Waals surface area contributed by atoms with Crippen LogP contribution in [0.2, 0.25) is 0 Å². The van der Waals surface area contributed by atoms with Crippen LogP contribution in [-0.2, 0) is 4.84 Å². The van der Waals surface area contributed by atoms with E-state index in [-0.39, 0.29) is 0 Å². The minimum Gasteiger partial charge on any atom is -0.396 e. The lowest BCUT2D eigenvalue weighted by Crippen LogP contribution is -1.80. The Kier molecular flexibility index (Phi) is 3.59. The average molecular weight is 234 g/mol. The monoisotopic (exact) mass is 233 g/mol. The van der Waals surface area contributed by atoms with E-state index in [1.807, 2.05) is 18.4 Å². The fourth-order valence-corrected chi connectivity index (χ4v) is 1.69. The summed E-state index contributed by atoms with van der Waals surface area (Å²) in [5, 5.41) is 5.74. The van der Waals surface area contributed by atoms with E-state index in [0.717, 1.165) is 9.35 Å². The van der Waals surface area contributed by atoms with Gasteiger partial charge >= 0.3 is 0 Å². The molecule has 0 spiro atoms. The molecule has 1 heterocycles. The van der Waals surface area contributed by atoms with E-state index in [1.165, 1.54) is 0 Å². The maximum absolute atomic E-state index is 4.81. The van der Waals surface area contributed by atoms with Gasteiger partial charge in [0.15, 0.2) is 0 Å². The highest BCUT2D eigenvalue weighted by molar-refractivity contribution is 9.11. The van der Waals surface area contributed by atoms with Crippen LogP contribution in [0.5, 0.6) is 0 Å². The van der Waals surface area contributed by atoms with Gasteiger partial charge in [0, 0.05) is 10.9 Å². The molecule has 0 aromatic carbocycles. The summed E-state index contributed by atoms with van der Waals surface area (Å²) >= 11 is 4.99. The molecule has 0 fully saturated rings. The first-order chi connectivity index (χ1) is 5.33. The third-order valence-corrected chi connectivity index (χ3v) is 2.52. The first-order valence-corrected chi connectivity index (χ1v) is 4.89.